The van der Waals surface area contributed by atoms with Crippen LogP contribution in [-0.4, -0.2) is 31.5 Å². The SMILES string of the molecule is CCCCCCCCCCCCCCCCCCNC(=O)c1ccc(C(=O)NCCCCCCCCCCCCCCCCCC)c(OCCCCCCCCCCCCCCCCCC)c1. The van der Waals surface area contributed by atoms with Gasteiger partial charge in [0.25, 0.3) is 11.8 Å². The zero-order valence-corrected chi connectivity index (χ0v) is 45.5. The Bertz CT molecular complexity index is 1190. The highest BCUT2D eigenvalue weighted by Gasteiger charge is 2.16. The molecule has 0 saturated carbocycles. The summed E-state index contributed by atoms with van der Waals surface area (Å²) in [5.41, 5.74) is 1.12. The molecule has 1 aromatic rings. The van der Waals surface area contributed by atoms with Crippen LogP contribution in [0.25, 0.3) is 0 Å². The normalized spacial score (nSPS) is 11.4. The molecular weight excluding hydrogens is 821 g/mol. The summed E-state index contributed by atoms with van der Waals surface area (Å²) in [4.78, 5) is 26.7. The molecule has 0 aliphatic carbocycles. The number of ether oxygens (including phenoxy) is 1. The Morgan fingerprint density at radius 2 is 0.582 bits per heavy atom. The van der Waals surface area contributed by atoms with Gasteiger partial charge in [-0.25, -0.2) is 0 Å². The second-order valence-electron chi connectivity index (χ2n) is 21.0. The summed E-state index contributed by atoms with van der Waals surface area (Å²) >= 11 is 0. The largest absolute Gasteiger partial charge is 0.493 e. The van der Waals surface area contributed by atoms with E-state index in [1.54, 1.807) is 18.2 Å². The fraction of sp³-hybridized carbons (Fsp3) is 0.871. The zero-order valence-electron chi connectivity index (χ0n) is 45.5. The van der Waals surface area contributed by atoms with Crippen molar-refractivity contribution in [2.45, 2.75) is 329 Å². The average molecular weight is 938 g/mol. The lowest BCUT2D eigenvalue weighted by molar-refractivity contribution is 0.0937. The maximum absolute atomic E-state index is 13.4. The van der Waals surface area contributed by atoms with Gasteiger partial charge in [-0.15, -0.1) is 0 Å². The number of hydrogen-bond donors (Lipinski definition) is 2. The lowest BCUT2D eigenvalue weighted by Gasteiger charge is -2.14. The smallest absolute Gasteiger partial charge is 0.255 e. The molecule has 0 aliphatic rings. The fourth-order valence-corrected chi connectivity index (χ4v) is 9.75. The molecule has 67 heavy (non-hydrogen) atoms. The zero-order chi connectivity index (χ0) is 48.2. The van der Waals surface area contributed by atoms with E-state index in [0.717, 1.165) is 38.5 Å². The Kier molecular flexibility index (Phi) is 48.7. The van der Waals surface area contributed by atoms with Crippen LogP contribution in [0.2, 0.25) is 0 Å². The van der Waals surface area contributed by atoms with Crippen LogP contribution in [0.5, 0.6) is 5.75 Å². The second kappa shape index (κ2) is 51.8. The Morgan fingerprint density at radius 3 is 0.881 bits per heavy atom. The maximum Gasteiger partial charge on any atom is 0.255 e. The molecule has 0 aromatic heterocycles. The summed E-state index contributed by atoms with van der Waals surface area (Å²) in [5.74, 6) is 0.372. The number of hydrogen-bond acceptors (Lipinski definition) is 3. The Labute approximate surface area is 418 Å². The van der Waals surface area contributed by atoms with E-state index in [9.17, 15) is 9.59 Å². The predicted octanol–water partition coefficient (Wildman–Crippen LogP) is 20.3. The maximum atomic E-state index is 13.4. The first kappa shape index (κ1) is 63.0. The van der Waals surface area contributed by atoms with Crippen molar-refractivity contribution in [2.75, 3.05) is 19.7 Å². The molecule has 0 spiro atoms. The van der Waals surface area contributed by atoms with E-state index in [1.807, 2.05) is 0 Å². The summed E-state index contributed by atoms with van der Waals surface area (Å²) in [7, 11) is 0. The van der Waals surface area contributed by atoms with E-state index in [4.69, 9.17) is 4.74 Å². The van der Waals surface area contributed by atoms with Crippen molar-refractivity contribution in [1.29, 1.82) is 0 Å². The molecule has 0 heterocycles. The van der Waals surface area contributed by atoms with Gasteiger partial charge < -0.3 is 15.4 Å². The minimum Gasteiger partial charge on any atom is -0.493 e. The summed E-state index contributed by atoms with van der Waals surface area (Å²) in [6.07, 6.45) is 64.3. The average Bonchev–Trinajstić information content (AvgIpc) is 3.34. The van der Waals surface area contributed by atoms with Crippen LogP contribution in [0.15, 0.2) is 18.2 Å². The Morgan fingerprint density at radius 1 is 0.328 bits per heavy atom. The van der Waals surface area contributed by atoms with Crippen molar-refractivity contribution in [1.82, 2.24) is 10.6 Å². The molecule has 0 saturated heterocycles. The molecule has 0 unspecified atom stereocenters. The van der Waals surface area contributed by atoms with Crippen molar-refractivity contribution in [2.24, 2.45) is 0 Å². The number of benzene rings is 1. The molecule has 0 bridgehead atoms. The van der Waals surface area contributed by atoms with E-state index in [0.29, 0.717) is 36.6 Å². The molecule has 0 atom stereocenters. The first-order chi connectivity index (χ1) is 33.1. The highest BCUT2D eigenvalue weighted by molar-refractivity contribution is 6.00. The summed E-state index contributed by atoms with van der Waals surface area (Å²) < 4.78 is 6.30. The molecule has 392 valence electrons. The van der Waals surface area contributed by atoms with E-state index >= 15 is 0 Å². The Hall–Kier alpha value is -2.04. The highest BCUT2D eigenvalue weighted by Crippen LogP contribution is 2.23. The molecule has 5 heteroatoms. The van der Waals surface area contributed by atoms with Crippen molar-refractivity contribution < 1.29 is 14.3 Å². The quantitative estimate of drug-likeness (QED) is 0.0640. The molecule has 0 fully saturated rings. The minimum atomic E-state index is -0.0944. The lowest BCUT2D eigenvalue weighted by atomic mass is 10.0. The molecule has 1 aromatic carbocycles. The van der Waals surface area contributed by atoms with Gasteiger partial charge >= 0.3 is 0 Å². The number of nitrogens with one attached hydrogen (secondary N) is 2. The van der Waals surface area contributed by atoms with E-state index in [2.05, 4.69) is 31.4 Å². The number of carbonyl (C=O) groups is 2. The second-order valence-corrected chi connectivity index (χ2v) is 21.0. The van der Waals surface area contributed by atoms with Gasteiger partial charge in [-0.3, -0.25) is 9.59 Å². The van der Waals surface area contributed by atoms with Crippen molar-refractivity contribution >= 4 is 11.8 Å². The van der Waals surface area contributed by atoms with Crippen molar-refractivity contribution in [3.05, 3.63) is 29.3 Å². The summed E-state index contributed by atoms with van der Waals surface area (Å²) in [6, 6.07) is 5.41. The van der Waals surface area contributed by atoms with Gasteiger partial charge in [-0.2, -0.15) is 0 Å². The van der Waals surface area contributed by atoms with Gasteiger partial charge in [0.1, 0.15) is 5.75 Å². The molecule has 2 amide bonds. The van der Waals surface area contributed by atoms with E-state index in [-0.39, 0.29) is 11.8 Å². The molecular formula is C62H116N2O3. The first-order valence-corrected chi connectivity index (χ1v) is 30.5. The molecule has 1 rings (SSSR count). The highest BCUT2D eigenvalue weighted by atomic mass is 16.5. The van der Waals surface area contributed by atoms with Gasteiger partial charge in [-0.05, 0) is 37.5 Å². The van der Waals surface area contributed by atoms with Gasteiger partial charge in [-0.1, -0.05) is 310 Å². The summed E-state index contributed by atoms with van der Waals surface area (Å²) in [5, 5.41) is 6.31. The third-order valence-electron chi connectivity index (χ3n) is 14.4. The van der Waals surface area contributed by atoms with Gasteiger partial charge in [0.15, 0.2) is 0 Å². The van der Waals surface area contributed by atoms with Crippen LogP contribution in [0.4, 0.5) is 0 Å². The monoisotopic (exact) mass is 937 g/mol. The van der Waals surface area contributed by atoms with Crippen LogP contribution in [0.3, 0.4) is 0 Å². The third kappa shape index (κ3) is 42.6. The van der Waals surface area contributed by atoms with E-state index in [1.165, 1.54) is 270 Å². The van der Waals surface area contributed by atoms with Crippen molar-refractivity contribution in [3.63, 3.8) is 0 Å². The minimum absolute atomic E-state index is 0.0756. The van der Waals surface area contributed by atoms with Crippen molar-refractivity contribution in [3.8, 4) is 5.75 Å². The van der Waals surface area contributed by atoms with Crippen LogP contribution >= 0.6 is 0 Å². The number of amides is 2. The first-order valence-electron chi connectivity index (χ1n) is 30.5. The topological polar surface area (TPSA) is 67.4 Å². The molecule has 0 radical (unpaired) electrons. The summed E-state index contributed by atoms with van der Waals surface area (Å²) in [6.45, 7) is 8.81. The van der Waals surface area contributed by atoms with Gasteiger partial charge in [0.2, 0.25) is 0 Å². The molecule has 2 N–H and O–H groups in total. The van der Waals surface area contributed by atoms with Crippen LogP contribution < -0.4 is 15.4 Å². The standard InChI is InChI=1S/C62H116N2O3/c1-4-7-10-13-16-19-22-25-28-31-34-37-40-43-46-49-54-63-61(65)58-52-53-59(62(66)64-55-50-47-44-41-38-35-32-29-26-23-20-17-14-11-8-5-2)60(57-58)67-56-51-48-45-42-39-36-33-30-27-24-21-18-15-12-9-6-3/h52-53,57H,4-51,54-56H2,1-3H3,(H,63,65)(H,64,66). The third-order valence-corrected chi connectivity index (χ3v) is 14.4. The van der Waals surface area contributed by atoms with Gasteiger partial charge in [0.05, 0.1) is 12.2 Å². The number of rotatable bonds is 54. The lowest BCUT2D eigenvalue weighted by Crippen LogP contribution is -2.26. The van der Waals surface area contributed by atoms with E-state index < -0.39 is 0 Å². The van der Waals surface area contributed by atoms with Crippen LogP contribution in [0.1, 0.15) is 350 Å². The molecule has 5 nitrogen and oxygen atoms in total. The predicted molar refractivity (Wildman–Crippen MR) is 295 cm³/mol. The number of unbranched alkanes of at least 4 members (excludes halogenated alkanes) is 45. The molecule has 0 aliphatic heterocycles. The van der Waals surface area contributed by atoms with Gasteiger partial charge in [0, 0.05) is 18.7 Å². The van der Waals surface area contributed by atoms with Crippen LogP contribution in [-0.2, 0) is 0 Å². The van der Waals surface area contributed by atoms with Crippen LogP contribution in [0, 0.1) is 0 Å². The number of carbonyl (C=O) groups excluding carboxylic acids is 2. The Balaban J connectivity index is 2.37. The fourth-order valence-electron chi connectivity index (χ4n) is 9.75.